The number of methoxy groups -OCH3 is 1. The minimum atomic E-state index is -0.498. The molecule has 0 radical (unpaired) electrons. The molecule has 9 heteroatoms. The average molecular weight is 466 g/mol. The minimum absolute atomic E-state index is 0.141. The van der Waals surface area contributed by atoms with Crippen LogP contribution in [0.25, 0.3) is 22.6 Å². The largest absolute Gasteiger partial charge is 0.494 e. The first-order valence-corrected chi connectivity index (χ1v) is 10.5. The summed E-state index contributed by atoms with van der Waals surface area (Å²) in [6.45, 7) is 1.77. The second-order valence-corrected chi connectivity index (χ2v) is 7.90. The fourth-order valence-corrected chi connectivity index (χ4v) is 3.43. The summed E-state index contributed by atoms with van der Waals surface area (Å²) in [5.41, 5.74) is 2.79. The molecule has 1 amide bonds. The van der Waals surface area contributed by atoms with E-state index in [-0.39, 0.29) is 11.4 Å². The van der Waals surface area contributed by atoms with E-state index in [0.717, 1.165) is 5.56 Å². The van der Waals surface area contributed by atoms with Crippen LogP contribution in [-0.2, 0) is 7.05 Å². The van der Waals surface area contributed by atoms with Gasteiger partial charge < -0.3 is 10.1 Å². The lowest BCUT2D eigenvalue weighted by atomic mass is 10.1. The predicted octanol–water partition coefficient (Wildman–Crippen LogP) is 4.84. The second kappa shape index (κ2) is 9.38. The van der Waals surface area contributed by atoms with Crippen LogP contribution in [0.4, 0.5) is 4.39 Å². The van der Waals surface area contributed by atoms with Crippen molar-refractivity contribution >= 4 is 17.5 Å². The molecule has 0 saturated carbocycles. The Morgan fingerprint density at radius 2 is 1.88 bits per heavy atom. The van der Waals surface area contributed by atoms with Crippen molar-refractivity contribution in [2.24, 2.45) is 7.05 Å². The van der Waals surface area contributed by atoms with Crippen LogP contribution in [0.15, 0.2) is 60.9 Å². The van der Waals surface area contributed by atoms with Gasteiger partial charge in [0.15, 0.2) is 17.4 Å². The van der Waals surface area contributed by atoms with Crippen LogP contribution in [0.3, 0.4) is 0 Å². The number of aryl methyl sites for hydroxylation is 1. The van der Waals surface area contributed by atoms with E-state index in [1.807, 2.05) is 12.1 Å². The number of carbonyl (C=O) groups excluding carboxylic acids is 1. The van der Waals surface area contributed by atoms with Crippen molar-refractivity contribution in [3.05, 3.63) is 83.0 Å². The highest BCUT2D eigenvalue weighted by atomic mass is 35.5. The van der Waals surface area contributed by atoms with Gasteiger partial charge in [-0.1, -0.05) is 29.8 Å². The highest BCUT2D eigenvalue weighted by Gasteiger charge is 2.18. The third-order valence-electron chi connectivity index (χ3n) is 5.09. The Morgan fingerprint density at radius 1 is 1.12 bits per heavy atom. The zero-order valence-corrected chi connectivity index (χ0v) is 19.0. The summed E-state index contributed by atoms with van der Waals surface area (Å²) in [5.74, 6) is -0.408. The van der Waals surface area contributed by atoms with Gasteiger partial charge in [-0.2, -0.15) is 5.10 Å². The molecular weight excluding hydrogens is 445 g/mol. The van der Waals surface area contributed by atoms with E-state index in [4.69, 9.17) is 16.3 Å². The first-order chi connectivity index (χ1) is 15.8. The lowest BCUT2D eigenvalue weighted by molar-refractivity contribution is 0.0934. The molecular formula is C24H21ClFN5O2. The van der Waals surface area contributed by atoms with Crippen LogP contribution >= 0.6 is 11.6 Å². The number of hydrogen-bond donors (Lipinski definition) is 1. The summed E-state index contributed by atoms with van der Waals surface area (Å²) >= 11 is 6.01. The summed E-state index contributed by atoms with van der Waals surface area (Å²) in [6.07, 6.45) is 3.40. The molecule has 2 aromatic carbocycles. The van der Waals surface area contributed by atoms with Crippen molar-refractivity contribution in [1.82, 2.24) is 25.1 Å². The Bertz CT molecular complexity index is 1310. The van der Waals surface area contributed by atoms with E-state index in [9.17, 15) is 9.18 Å². The van der Waals surface area contributed by atoms with Gasteiger partial charge in [-0.15, -0.1) is 0 Å². The van der Waals surface area contributed by atoms with Crippen LogP contribution in [0.5, 0.6) is 5.75 Å². The summed E-state index contributed by atoms with van der Waals surface area (Å²) < 4.78 is 20.7. The molecule has 4 rings (SSSR count). The predicted molar refractivity (Wildman–Crippen MR) is 124 cm³/mol. The Hall–Kier alpha value is -3.78. The highest BCUT2D eigenvalue weighted by molar-refractivity contribution is 6.30. The van der Waals surface area contributed by atoms with Crippen molar-refractivity contribution in [2.45, 2.75) is 13.0 Å². The quantitative estimate of drug-likeness (QED) is 0.440. The van der Waals surface area contributed by atoms with E-state index in [1.54, 1.807) is 55.3 Å². The molecule has 168 valence electrons. The number of ether oxygens (including phenoxy) is 1. The summed E-state index contributed by atoms with van der Waals surface area (Å²) in [7, 11) is 3.19. The molecule has 0 aliphatic rings. The summed E-state index contributed by atoms with van der Waals surface area (Å²) in [5, 5.41) is 7.63. The van der Waals surface area contributed by atoms with Gasteiger partial charge in [-0.3, -0.25) is 9.48 Å². The Balaban J connectivity index is 1.68. The monoisotopic (exact) mass is 465 g/mol. The standard InChI is InChI=1S/C24H21ClFN5O2/c1-14(16-6-9-22(33-3)19(26)10-16)28-24(32)21-11-20(15-4-7-18(25)8-5-15)29-23(30-21)17-12-27-31(2)13-17/h4-14H,1-3H3,(H,28,32). The summed E-state index contributed by atoms with van der Waals surface area (Å²) in [6, 6.07) is 12.9. The number of hydrogen-bond acceptors (Lipinski definition) is 5. The number of aromatic nitrogens is 4. The molecule has 1 unspecified atom stereocenters. The molecule has 4 aromatic rings. The second-order valence-electron chi connectivity index (χ2n) is 7.46. The topological polar surface area (TPSA) is 81.9 Å². The lowest BCUT2D eigenvalue weighted by Crippen LogP contribution is -2.27. The first kappa shape index (κ1) is 22.4. The molecule has 7 nitrogen and oxygen atoms in total. The summed E-state index contributed by atoms with van der Waals surface area (Å²) in [4.78, 5) is 22.2. The van der Waals surface area contributed by atoms with Gasteiger partial charge in [0.1, 0.15) is 5.69 Å². The first-order valence-electron chi connectivity index (χ1n) is 10.1. The molecule has 2 aromatic heterocycles. The molecule has 2 heterocycles. The molecule has 1 atom stereocenters. The van der Waals surface area contributed by atoms with Crippen molar-refractivity contribution in [1.29, 1.82) is 0 Å². The molecule has 0 saturated heterocycles. The molecule has 0 aliphatic carbocycles. The fourth-order valence-electron chi connectivity index (χ4n) is 3.30. The SMILES string of the molecule is COc1ccc(C(C)NC(=O)c2cc(-c3ccc(Cl)cc3)nc(-c3cnn(C)c3)n2)cc1F. The van der Waals surface area contributed by atoms with Crippen LogP contribution < -0.4 is 10.1 Å². The number of benzene rings is 2. The van der Waals surface area contributed by atoms with Gasteiger partial charge in [0, 0.05) is 23.8 Å². The van der Waals surface area contributed by atoms with Crippen LogP contribution in [-0.4, -0.2) is 32.8 Å². The zero-order valence-electron chi connectivity index (χ0n) is 18.2. The van der Waals surface area contributed by atoms with Gasteiger partial charge >= 0.3 is 0 Å². The number of amides is 1. The minimum Gasteiger partial charge on any atom is -0.494 e. The highest BCUT2D eigenvalue weighted by Crippen LogP contribution is 2.25. The normalized spacial score (nSPS) is 11.8. The maximum absolute atomic E-state index is 14.1. The van der Waals surface area contributed by atoms with Gasteiger partial charge in [0.25, 0.3) is 5.91 Å². The van der Waals surface area contributed by atoms with Crippen LogP contribution in [0.1, 0.15) is 29.0 Å². The maximum atomic E-state index is 14.1. The third kappa shape index (κ3) is 5.01. The number of nitrogens with one attached hydrogen (secondary N) is 1. The van der Waals surface area contributed by atoms with E-state index < -0.39 is 17.8 Å². The van der Waals surface area contributed by atoms with E-state index in [1.165, 1.54) is 19.2 Å². The lowest BCUT2D eigenvalue weighted by Gasteiger charge is -2.15. The zero-order chi connectivity index (χ0) is 23.5. The molecule has 0 aliphatic heterocycles. The van der Waals surface area contributed by atoms with Gasteiger partial charge in [-0.05, 0) is 42.8 Å². The molecule has 0 spiro atoms. The van der Waals surface area contributed by atoms with Gasteiger partial charge in [0.05, 0.1) is 30.6 Å². The van der Waals surface area contributed by atoms with Gasteiger partial charge in [0.2, 0.25) is 0 Å². The van der Waals surface area contributed by atoms with Crippen molar-refractivity contribution < 1.29 is 13.9 Å². The molecule has 1 N–H and O–H groups in total. The van der Waals surface area contributed by atoms with Crippen LogP contribution in [0.2, 0.25) is 5.02 Å². The number of nitrogens with zero attached hydrogens (tertiary/aromatic N) is 4. The Morgan fingerprint density at radius 3 is 2.52 bits per heavy atom. The molecule has 0 fully saturated rings. The van der Waals surface area contributed by atoms with E-state index >= 15 is 0 Å². The maximum Gasteiger partial charge on any atom is 0.270 e. The number of halogens is 2. The average Bonchev–Trinajstić information content (AvgIpc) is 3.25. The van der Waals surface area contributed by atoms with Gasteiger partial charge in [-0.25, -0.2) is 14.4 Å². The molecule has 33 heavy (non-hydrogen) atoms. The smallest absolute Gasteiger partial charge is 0.270 e. The van der Waals surface area contributed by atoms with Crippen molar-refractivity contribution in [3.8, 4) is 28.4 Å². The van der Waals surface area contributed by atoms with E-state index in [2.05, 4.69) is 20.4 Å². The van der Waals surface area contributed by atoms with E-state index in [0.29, 0.717) is 27.7 Å². The Labute approximate surface area is 195 Å². The molecule has 0 bridgehead atoms. The van der Waals surface area contributed by atoms with Crippen molar-refractivity contribution in [3.63, 3.8) is 0 Å². The third-order valence-corrected chi connectivity index (χ3v) is 5.34. The number of carbonyl (C=O) groups is 1. The van der Waals surface area contributed by atoms with Crippen molar-refractivity contribution in [2.75, 3.05) is 7.11 Å². The number of rotatable bonds is 6. The Kier molecular flexibility index (Phi) is 6.37. The fraction of sp³-hybridized carbons (Fsp3) is 0.167. The van der Waals surface area contributed by atoms with Crippen LogP contribution in [0, 0.1) is 5.82 Å².